The molecule has 1 aromatic carbocycles. The Hall–Kier alpha value is -2.68. The molecule has 0 radical (unpaired) electrons. The third-order valence-electron chi connectivity index (χ3n) is 3.03. The molecule has 0 unspecified atom stereocenters. The fraction of sp³-hybridized carbons (Fsp3) is 0.286. The van der Waals surface area contributed by atoms with Crippen molar-refractivity contribution in [1.29, 1.82) is 5.26 Å². The fourth-order valence-electron chi connectivity index (χ4n) is 1.96. The molecule has 6 heteroatoms. The van der Waals surface area contributed by atoms with Gasteiger partial charge in [0.2, 0.25) is 0 Å². The van der Waals surface area contributed by atoms with Crippen LogP contribution in [-0.4, -0.2) is 34.8 Å². The highest BCUT2D eigenvalue weighted by atomic mass is 16.5. The molecule has 0 saturated carbocycles. The van der Waals surface area contributed by atoms with Crippen molar-refractivity contribution < 1.29 is 19.1 Å². The smallest absolute Gasteiger partial charge is 0.330 e. The first-order valence-corrected chi connectivity index (χ1v) is 6.04. The second kappa shape index (κ2) is 5.13. The number of carbonyl (C=O) groups is 3. The molecule has 0 fully saturated rings. The normalized spacial score (nSPS) is 16.4. The van der Waals surface area contributed by atoms with Gasteiger partial charge in [0.1, 0.15) is 12.1 Å². The predicted molar refractivity (Wildman–Crippen MR) is 67.6 cm³/mol. The van der Waals surface area contributed by atoms with Crippen LogP contribution in [0.1, 0.15) is 34.6 Å². The summed E-state index contributed by atoms with van der Waals surface area (Å²) in [5, 5.41) is 8.60. The van der Waals surface area contributed by atoms with Crippen LogP contribution in [0.15, 0.2) is 24.3 Å². The number of nitriles is 1. The number of rotatable bonds is 3. The molecule has 2 amide bonds. The SMILES string of the molecule is C[C@@H](C#N)OC(=O)[C@H](C)N1C(=O)c2ccccc2C1=O. The number of nitrogens with zero attached hydrogens (tertiary/aromatic N) is 2. The summed E-state index contributed by atoms with van der Waals surface area (Å²) in [6.07, 6.45) is -0.930. The van der Waals surface area contributed by atoms with Gasteiger partial charge in [0, 0.05) is 0 Å². The lowest BCUT2D eigenvalue weighted by molar-refractivity contribution is -0.150. The number of benzene rings is 1. The van der Waals surface area contributed by atoms with Gasteiger partial charge in [-0.05, 0) is 26.0 Å². The largest absolute Gasteiger partial charge is 0.446 e. The van der Waals surface area contributed by atoms with Gasteiger partial charge in [-0.25, -0.2) is 4.79 Å². The lowest BCUT2D eigenvalue weighted by atomic mass is 10.1. The monoisotopic (exact) mass is 272 g/mol. The van der Waals surface area contributed by atoms with Gasteiger partial charge in [-0.1, -0.05) is 12.1 Å². The summed E-state index contributed by atoms with van der Waals surface area (Å²) >= 11 is 0. The number of hydrogen-bond donors (Lipinski definition) is 0. The molecule has 0 bridgehead atoms. The van der Waals surface area contributed by atoms with Gasteiger partial charge >= 0.3 is 5.97 Å². The molecule has 6 nitrogen and oxygen atoms in total. The number of carbonyl (C=O) groups excluding carboxylic acids is 3. The minimum absolute atomic E-state index is 0.269. The number of fused-ring (bicyclic) bond motifs is 1. The standard InChI is InChI=1S/C14H12N2O4/c1-8(7-15)20-14(19)9(2)16-12(17)10-5-3-4-6-11(10)13(16)18/h3-6,8-9H,1-2H3/t8-,9-/m0/s1. The Balaban J connectivity index is 2.24. The maximum atomic E-state index is 12.1. The average Bonchev–Trinajstić information content (AvgIpc) is 2.70. The van der Waals surface area contributed by atoms with Crippen LogP contribution < -0.4 is 0 Å². The molecule has 0 N–H and O–H groups in total. The zero-order chi connectivity index (χ0) is 14.9. The van der Waals surface area contributed by atoms with Gasteiger partial charge in [-0.2, -0.15) is 5.26 Å². The van der Waals surface area contributed by atoms with Gasteiger partial charge in [0.25, 0.3) is 11.8 Å². The number of esters is 1. The molecule has 1 aliphatic heterocycles. The second-order valence-corrected chi connectivity index (χ2v) is 4.41. The van der Waals surface area contributed by atoms with E-state index < -0.39 is 29.9 Å². The molecular formula is C14H12N2O4. The Morgan fingerprint density at radius 1 is 1.20 bits per heavy atom. The third-order valence-corrected chi connectivity index (χ3v) is 3.03. The predicted octanol–water partition coefficient (Wildman–Crippen LogP) is 1.13. The summed E-state index contributed by atoms with van der Waals surface area (Å²) in [6.45, 7) is 2.81. The number of amides is 2. The summed E-state index contributed by atoms with van der Waals surface area (Å²) < 4.78 is 4.82. The lowest BCUT2D eigenvalue weighted by Gasteiger charge is -2.21. The first-order valence-electron chi connectivity index (χ1n) is 6.04. The lowest BCUT2D eigenvalue weighted by Crippen LogP contribution is -2.44. The van der Waals surface area contributed by atoms with Crippen molar-refractivity contribution in [1.82, 2.24) is 4.90 Å². The van der Waals surface area contributed by atoms with E-state index in [0.717, 1.165) is 4.90 Å². The quantitative estimate of drug-likeness (QED) is 0.608. The summed E-state index contributed by atoms with van der Waals surface area (Å²) in [5.74, 6) is -1.84. The van der Waals surface area contributed by atoms with E-state index in [1.165, 1.54) is 26.0 Å². The zero-order valence-electron chi connectivity index (χ0n) is 11.0. The molecule has 102 valence electrons. The maximum Gasteiger partial charge on any atom is 0.330 e. The van der Waals surface area contributed by atoms with E-state index in [0.29, 0.717) is 0 Å². The fourth-order valence-corrected chi connectivity index (χ4v) is 1.96. The zero-order valence-corrected chi connectivity index (χ0v) is 11.0. The van der Waals surface area contributed by atoms with Crippen LogP contribution in [0.5, 0.6) is 0 Å². The molecule has 1 aliphatic rings. The molecule has 0 saturated heterocycles. The topological polar surface area (TPSA) is 87.5 Å². The molecule has 0 aliphatic carbocycles. The minimum atomic E-state index is -1.07. The van der Waals surface area contributed by atoms with Gasteiger partial charge in [-0.3, -0.25) is 14.5 Å². The maximum absolute atomic E-state index is 12.1. The Morgan fingerprint density at radius 3 is 2.15 bits per heavy atom. The van der Waals surface area contributed by atoms with Gasteiger partial charge in [0.05, 0.1) is 11.1 Å². The van der Waals surface area contributed by atoms with E-state index in [2.05, 4.69) is 0 Å². The minimum Gasteiger partial charge on any atom is -0.446 e. The van der Waals surface area contributed by atoms with Crippen LogP contribution in [0.2, 0.25) is 0 Å². The van der Waals surface area contributed by atoms with Gasteiger partial charge in [0.15, 0.2) is 6.10 Å². The molecular weight excluding hydrogens is 260 g/mol. The van der Waals surface area contributed by atoms with Crippen molar-refractivity contribution in [2.45, 2.75) is 26.0 Å². The highest BCUT2D eigenvalue weighted by Crippen LogP contribution is 2.24. The van der Waals surface area contributed by atoms with E-state index in [-0.39, 0.29) is 11.1 Å². The van der Waals surface area contributed by atoms with Crippen molar-refractivity contribution in [3.63, 3.8) is 0 Å². The molecule has 2 atom stereocenters. The van der Waals surface area contributed by atoms with Crippen molar-refractivity contribution in [2.75, 3.05) is 0 Å². The Morgan fingerprint density at radius 2 is 1.70 bits per heavy atom. The van der Waals surface area contributed by atoms with Crippen molar-refractivity contribution in [2.24, 2.45) is 0 Å². The van der Waals surface area contributed by atoms with Crippen molar-refractivity contribution in [3.8, 4) is 6.07 Å². The highest BCUT2D eigenvalue weighted by molar-refractivity contribution is 6.22. The molecule has 0 spiro atoms. The van der Waals surface area contributed by atoms with Gasteiger partial charge < -0.3 is 4.74 Å². The molecule has 20 heavy (non-hydrogen) atoms. The molecule has 2 rings (SSSR count). The van der Waals surface area contributed by atoms with E-state index in [9.17, 15) is 14.4 Å². The molecule has 1 aromatic rings. The van der Waals surface area contributed by atoms with Crippen LogP contribution >= 0.6 is 0 Å². The van der Waals surface area contributed by atoms with Gasteiger partial charge in [-0.15, -0.1) is 0 Å². The van der Waals surface area contributed by atoms with Crippen LogP contribution in [0.3, 0.4) is 0 Å². The Kier molecular flexibility index (Phi) is 3.53. The molecule has 0 aromatic heterocycles. The average molecular weight is 272 g/mol. The van der Waals surface area contributed by atoms with Crippen molar-refractivity contribution >= 4 is 17.8 Å². The van der Waals surface area contributed by atoms with Crippen LogP contribution in [0.25, 0.3) is 0 Å². The summed E-state index contributed by atoms with van der Waals surface area (Å²) in [7, 11) is 0. The second-order valence-electron chi connectivity index (χ2n) is 4.41. The number of hydrogen-bond acceptors (Lipinski definition) is 5. The van der Waals surface area contributed by atoms with Crippen LogP contribution in [-0.2, 0) is 9.53 Å². The van der Waals surface area contributed by atoms with E-state index in [4.69, 9.17) is 10.00 Å². The van der Waals surface area contributed by atoms with E-state index in [1.54, 1.807) is 18.2 Å². The van der Waals surface area contributed by atoms with Crippen LogP contribution in [0, 0.1) is 11.3 Å². The number of imide groups is 1. The van der Waals surface area contributed by atoms with Crippen LogP contribution in [0.4, 0.5) is 0 Å². The summed E-state index contributed by atoms with van der Waals surface area (Å²) in [4.78, 5) is 37.0. The van der Waals surface area contributed by atoms with E-state index >= 15 is 0 Å². The summed E-state index contributed by atoms with van der Waals surface area (Å²) in [6, 6.07) is 7.04. The number of ether oxygens (including phenoxy) is 1. The van der Waals surface area contributed by atoms with Crippen molar-refractivity contribution in [3.05, 3.63) is 35.4 Å². The molecule has 1 heterocycles. The Labute approximate surface area is 115 Å². The third kappa shape index (κ3) is 2.14. The first kappa shape index (κ1) is 13.7. The Bertz CT molecular complexity index is 597. The highest BCUT2D eigenvalue weighted by Gasteiger charge is 2.41. The van der Waals surface area contributed by atoms with E-state index in [1.807, 2.05) is 0 Å². The first-order chi connectivity index (χ1) is 9.47. The summed E-state index contributed by atoms with van der Waals surface area (Å²) in [5.41, 5.74) is 0.538.